The lowest BCUT2D eigenvalue weighted by atomic mass is 9.97. The molecule has 1 atom stereocenters. The van der Waals surface area contributed by atoms with Gasteiger partial charge in [0.25, 0.3) is 5.91 Å². The molecule has 6 heteroatoms. The highest BCUT2D eigenvalue weighted by Gasteiger charge is 2.20. The minimum absolute atomic E-state index is 0.209. The lowest BCUT2D eigenvalue weighted by molar-refractivity contribution is 0.0943. The van der Waals surface area contributed by atoms with E-state index in [0.29, 0.717) is 10.6 Å². The third-order valence-electron chi connectivity index (χ3n) is 4.60. The summed E-state index contributed by atoms with van der Waals surface area (Å²) in [5.41, 5.74) is 4.24. The number of amides is 1. The van der Waals surface area contributed by atoms with Gasteiger partial charge in [0.05, 0.1) is 34.0 Å². The largest absolute Gasteiger partial charge is 0.345 e. The van der Waals surface area contributed by atoms with Crippen LogP contribution in [0.3, 0.4) is 0 Å². The number of nitrogens with one attached hydrogen (secondary N) is 2. The number of halogens is 1. The fraction of sp³-hybridized carbons (Fsp3) is 0.0909. The summed E-state index contributed by atoms with van der Waals surface area (Å²) in [4.78, 5) is 21.5. The molecule has 0 saturated heterocycles. The van der Waals surface area contributed by atoms with Gasteiger partial charge in [-0.3, -0.25) is 4.79 Å². The average molecular weight is 408 g/mol. The first-order valence-corrected chi connectivity index (χ1v) is 10.4. The molecule has 3 aromatic carbocycles. The topological polar surface area (TPSA) is 57.8 Å². The summed E-state index contributed by atoms with van der Waals surface area (Å²) in [6.45, 7) is 0. The number of hydrogen-bond acceptors (Lipinski definition) is 3. The van der Waals surface area contributed by atoms with Crippen LogP contribution >= 0.6 is 23.4 Å². The van der Waals surface area contributed by atoms with Gasteiger partial charge in [-0.25, -0.2) is 4.98 Å². The summed E-state index contributed by atoms with van der Waals surface area (Å²) in [5.74, 6) is -0.209. The molecule has 0 fully saturated rings. The van der Waals surface area contributed by atoms with Crippen LogP contribution < -0.4 is 5.32 Å². The van der Waals surface area contributed by atoms with Crippen LogP contribution in [0.2, 0.25) is 5.02 Å². The molecule has 1 heterocycles. The zero-order valence-electron chi connectivity index (χ0n) is 15.1. The maximum absolute atomic E-state index is 13.1. The first kappa shape index (κ1) is 18.6. The summed E-state index contributed by atoms with van der Waals surface area (Å²) in [5, 5.41) is 3.58. The zero-order valence-corrected chi connectivity index (χ0v) is 16.7. The van der Waals surface area contributed by atoms with E-state index in [0.717, 1.165) is 27.1 Å². The van der Waals surface area contributed by atoms with Crippen LogP contribution in [0.25, 0.3) is 11.0 Å². The van der Waals surface area contributed by atoms with E-state index in [1.807, 2.05) is 66.9 Å². The van der Waals surface area contributed by atoms with Gasteiger partial charge in [-0.05, 0) is 47.7 Å². The Morgan fingerprint density at radius 1 is 1.07 bits per heavy atom. The molecule has 0 spiro atoms. The van der Waals surface area contributed by atoms with Crippen molar-refractivity contribution in [1.82, 2.24) is 15.3 Å². The molecule has 4 rings (SSSR count). The van der Waals surface area contributed by atoms with Crippen molar-refractivity contribution in [3.05, 3.63) is 94.8 Å². The first-order valence-electron chi connectivity index (χ1n) is 8.78. The van der Waals surface area contributed by atoms with Crippen molar-refractivity contribution in [2.24, 2.45) is 0 Å². The number of carbonyl (C=O) groups excluding carboxylic acids is 1. The van der Waals surface area contributed by atoms with Gasteiger partial charge in [0.1, 0.15) is 0 Å². The maximum atomic E-state index is 13.1. The van der Waals surface area contributed by atoms with Crippen LogP contribution in [0.15, 0.2) is 78.0 Å². The predicted octanol–water partition coefficient (Wildman–Crippen LogP) is 5.46. The Morgan fingerprint density at radius 2 is 1.89 bits per heavy atom. The van der Waals surface area contributed by atoms with Crippen LogP contribution in [0.1, 0.15) is 27.5 Å². The molecular weight excluding hydrogens is 390 g/mol. The zero-order chi connectivity index (χ0) is 19.5. The molecule has 0 radical (unpaired) electrons. The van der Waals surface area contributed by atoms with E-state index in [-0.39, 0.29) is 11.9 Å². The number of aromatic nitrogens is 2. The van der Waals surface area contributed by atoms with E-state index in [4.69, 9.17) is 11.6 Å². The smallest absolute Gasteiger partial charge is 0.253 e. The molecule has 1 amide bonds. The molecular formula is C22H18ClN3OS. The Kier molecular flexibility index (Phi) is 5.37. The van der Waals surface area contributed by atoms with E-state index in [9.17, 15) is 4.79 Å². The highest BCUT2D eigenvalue weighted by molar-refractivity contribution is 7.98. The van der Waals surface area contributed by atoms with Gasteiger partial charge in [-0.15, -0.1) is 11.8 Å². The Hall–Kier alpha value is -2.76. The van der Waals surface area contributed by atoms with Crippen LogP contribution in [0.5, 0.6) is 0 Å². The summed E-state index contributed by atoms with van der Waals surface area (Å²) >= 11 is 7.88. The molecule has 1 aromatic heterocycles. The summed E-state index contributed by atoms with van der Waals surface area (Å²) in [7, 11) is 0. The lowest BCUT2D eigenvalue weighted by Gasteiger charge is -2.20. The summed E-state index contributed by atoms with van der Waals surface area (Å²) in [6.07, 6.45) is 3.63. The van der Waals surface area contributed by atoms with E-state index in [2.05, 4.69) is 15.3 Å². The van der Waals surface area contributed by atoms with Gasteiger partial charge >= 0.3 is 0 Å². The molecule has 140 valence electrons. The average Bonchev–Trinajstić information content (AvgIpc) is 3.20. The van der Waals surface area contributed by atoms with Gasteiger partial charge in [0.2, 0.25) is 0 Å². The lowest BCUT2D eigenvalue weighted by Crippen LogP contribution is -2.29. The van der Waals surface area contributed by atoms with Crippen LogP contribution in [0.4, 0.5) is 0 Å². The Balaban J connectivity index is 1.73. The standard InChI is InChI=1S/C22H18ClN3OS/c1-28-16-8-9-18(23)17(12-16)22(27)26-21(14-5-3-2-4-6-14)15-7-10-19-20(11-15)25-13-24-19/h2-13,21H,1H3,(H,24,25)(H,26,27). The van der Waals surface area contributed by atoms with Gasteiger partial charge in [0, 0.05) is 4.90 Å². The molecule has 4 aromatic rings. The van der Waals surface area contributed by atoms with Gasteiger partial charge < -0.3 is 10.3 Å². The fourth-order valence-corrected chi connectivity index (χ4v) is 3.79. The molecule has 1 unspecified atom stereocenters. The number of aromatic amines is 1. The van der Waals surface area contributed by atoms with Crippen molar-refractivity contribution in [2.75, 3.05) is 6.26 Å². The second-order valence-corrected chi connectivity index (χ2v) is 7.63. The van der Waals surface area contributed by atoms with E-state index >= 15 is 0 Å². The van der Waals surface area contributed by atoms with Crippen molar-refractivity contribution in [3.63, 3.8) is 0 Å². The van der Waals surface area contributed by atoms with Gasteiger partial charge in [-0.1, -0.05) is 48.0 Å². The number of rotatable bonds is 5. The van der Waals surface area contributed by atoms with Crippen molar-refractivity contribution in [3.8, 4) is 0 Å². The van der Waals surface area contributed by atoms with Crippen molar-refractivity contribution in [2.45, 2.75) is 10.9 Å². The fourth-order valence-electron chi connectivity index (χ4n) is 3.15. The summed E-state index contributed by atoms with van der Waals surface area (Å²) < 4.78 is 0. The predicted molar refractivity (Wildman–Crippen MR) is 115 cm³/mol. The SMILES string of the molecule is CSc1ccc(Cl)c(C(=O)NC(c2ccccc2)c2ccc3nc[nH]c3c2)c1. The third-order valence-corrected chi connectivity index (χ3v) is 5.66. The Labute approximate surface area is 172 Å². The minimum atomic E-state index is -0.310. The molecule has 0 aliphatic heterocycles. The minimum Gasteiger partial charge on any atom is -0.345 e. The highest BCUT2D eigenvalue weighted by Crippen LogP contribution is 2.27. The van der Waals surface area contributed by atoms with Crippen LogP contribution in [-0.2, 0) is 0 Å². The third kappa shape index (κ3) is 3.77. The Bertz CT molecular complexity index is 1130. The number of hydrogen-bond donors (Lipinski definition) is 2. The van der Waals surface area contributed by atoms with E-state index in [1.165, 1.54) is 0 Å². The molecule has 0 bridgehead atoms. The molecule has 2 N–H and O–H groups in total. The van der Waals surface area contributed by atoms with E-state index < -0.39 is 0 Å². The van der Waals surface area contributed by atoms with Gasteiger partial charge in [0.15, 0.2) is 0 Å². The number of benzene rings is 3. The number of fused-ring (bicyclic) bond motifs is 1. The molecule has 4 nitrogen and oxygen atoms in total. The van der Waals surface area contributed by atoms with Crippen molar-refractivity contribution >= 4 is 40.3 Å². The first-order chi connectivity index (χ1) is 13.7. The maximum Gasteiger partial charge on any atom is 0.253 e. The number of imidazole rings is 1. The highest BCUT2D eigenvalue weighted by atomic mass is 35.5. The quantitative estimate of drug-likeness (QED) is 0.432. The normalized spacial score (nSPS) is 12.1. The Morgan fingerprint density at radius 3 is 2.68 bits per heavy atom. The monoisotopic (exact) mass is 407 g/mol. The molecule has 0 aliphatic rings. The second kappa shape index (κ2) is 8.09. The van der Waals surface area contributed by atoms with E-state index in [1.54, 1.807) is 24.2 Å². The number of nitrogens with zero attached hydrogens (tertiary/aromatic N) is 1. The van der Waals surface area contributed by atoms with Crippen molar-refractivity contribution in [1.29, 1.82) is 0 Å². The number of carbonyl (C=O) groups is 1. The van der Waals surface area contributed by atoms with Crippen molar-refractivity contribution < 1.29 is 4.79 Å². The van der Waals surface area contributed by atoms with Gasteiger partial charge in [-0.2, -0.15) is 0 Å². The van der Waals surface area contributed by atoms with Crippen LogP contribution in [-0.4, -0.2) is 22.1 Å². The summed E-state index contributed by atoms with van der Waals surface area (Å²) in [6, 6.07) is 21.0. The molecule has 0 saturated carbocycles. The second-order valence-electron chi connectivity index (χ2n) is 6.34. The molecule has 0 aliphatic carbocycles. The number of thioether (sulfide) groups is 1. The number of H-pyrrole nitrogens is 1. The molecule has 28 heavy (non-hydrogen) atoms. The van der Waals surface area contributed by atoms with Crippen LogP contribution in [0, 0.1) is 0 Å².